The maximum atomic E-state index is 10.8. The summed E-state index contributed by atoms with van der Waals surface area (Å²) in [5, 5.41) is 8.84. The molecular weight excluding hydrogens is 266 g/mol. The summed E-state index contributed by atoms with van der Waals surface area (Å²) >= 11 is 0. The van der Waals surface area contributed by atoms with Crippen molar-refractivity contribution in [2.45, 2.75) is 26.0 Å². The van der Waals surface area contributed by atoms with Gasteiger partial charge in [0.05, 0.1) is 5.56 Å². The van der Waals surface area contributed by atoms with E-state index < -0.39 is 5.97 Å². The van der Waals surface area contributed by atoms with Gasteiger partial charge >= 0.3 is 5.97 Å². The molecule has 0 fully saturated rings. The van der Waals surface area contributed by atoms with Crippen LogP contribution in [0.5, 0.6) is 5.75 Å². The van der Waals surface area contributed by atoms with E-state index in [2.05, 4.69) is 0 Å². The standard InChI is InChI=1S/C17H19NO3/c1-12(18)9-14-3-2-4-16(10-14)21-11-13-5-7-15(8-6-13)17(19)20/h2-8,10,12H,9,11,18H2,1H3,(H,19,20). The molecule has 2 aromatic carbocycles. The Morgan fingerprint density at radius 1 is 1.19 bits per heavy atom. The van der Waals surface area contributed by atoms with E-state index in [0.29, 0.717) is 6.61 Å². The minimum Gasteiger partial charge on any atom is -0.489 e. The molecule has 4 heteroatoms. The van der Waals surface area contributed by atoms with Crippen LogP contribution in [0.15, 0.2) is 48.5 Å². The van der Waals surface area contributed by atoms with Crippen molar-refractivity contribution in [1.29, 1.82) is 0 Å². The third kappa shape index (κ3) is 4.61. The molecule has 0 radical (unpaired) electrons. The van der Waals surface area contributed by atoms with Crippen LogP contribution >= 0.6 is 0 Å². The smallest absolute Gasteiger partial charge is 0.335 e. The van der Waals surface area contributed by atoms with E-state index in [9.17, 15) is 4.79 Å². The highest BCUT2D eigenvalue weighted by Gasteiger charge is 2.03. The lowest BCUT2D eigenvalue weighted by molar-refractivity contribution is 0.0697. The summed E-state index contributed by atoms with van der Waals surface area (Å²) in [5.74, 6) is -0.137. The van der Waals surface area contributed by atoms with Crippen LogP contribution in [0.2, 0.25) is 0 Å². The Balaban J connectivity index is 1.97. The molecule has 21 heavy (non-hydrogen) atoms. The molecule has 2 rings (SSSR count). The molecule has 0 aliphatic heterocycles. The molecule has 0 spiro atoms. The highest BCUT2D eigenvalue weighted by Crippen LogP contribution is 2.16. The van der Waals surface area contributed by atoms with Gasteiger partial charge in [-0.2, -0.15) is 0 Å². The van der Waals surface area contributed by atoms with E-state index in [1.807, 2.05) is 31.2 Å². The van der Waals surface area contributed by atoms with Gasteiger partial charge in [-0.25, -0.2) is 4.79 Å². The number of hydrogen-bond acceptors (Lipinski definition) is 3. The predicted molar refractivity (Wildman–Crippen MR) is 81.5 cm³/mol. The molecule has 0 heterocycles. The first-order chi connectivity index (χ1) is 10.0. The fourth-order valence-corrected chi connectivity index (χ4v) is 2.04. The Kier molecular flexibility index (Phi) is 4.95. The average molecular weight is 285 g/mol. The van der Waals surface area contributed by atoms with E-state index >= 15 is 0 Å². The lowest BCUT2D eigenvalue weighted by Gasteiger charge is -2.10. The largest absolute Gasteiger partial charge is 0.489 e. The number of benzene rings is 2. The van der Waals surface area contributed by atoms with E-state index in [1.165, 1.54) is 0 Å². The van der Waals surface area contributed by atoms with E-state index in [1.54, 1.807) is 24.3 Å². The van der Waals surface area contributed by atoms with Gasteiger partial charge in [0.1, 0.15) is 12.4 Å². The number of hydrogen-bond donors (Lipinski definition) is 2. The number of ether oxygens (including phenoxy) is 1. The molecule has 1 atom stereocenters. The fraction of sp³-hybridized carbons (Fsp3) is 0.235. The van der Waals surface area contributed by atoms with Crippen molar-refractivity contribution in [2.24, 2.45) is 5.73 Å². The lowest BCUT2D eigenvalue weighted by Crippen LogP contribution is -2.17. The van der Waals surface area contributed by atoms with Crippen LogP contribution < -0.4 is 10.5 Å². The second-order valence-electron chi connectivity index (χ2n) is 5.12. The highest BCUT2D eigenvalue weighted by molar-refractivity contribution is 5.87. The van der Waals surface area contributed by atoms with Gasteiger partial charge in [0.2, 0.25) is 0 Å². The summed E-state index contributed by atoms with van der Waals surface area (Å²) in [6, 6.07) is 14.6. The normalized spacial score (nSPS) is 11.9. The van der Waals surface area contributed by atoms with Crippen LogP contribution in [-0.4, -0.2) is 17.1 Å². The van der Waals surface area contributed by atoms with Gasteiger partial charge in [-0.15, -0.1) is 0 Å². The minimum atomic E-state index is -0.925. The van der Waals surface area contributed by atoms with Gasteiger partial charge in [0.25, 0.3) is 0 Å². The molecule has 0 saturated carbocycles. The molecule has 0 aliphatic rings. The van der Waals surface area contributed by atoms with Crippen molar-refractivity contribution in [2.75, 3.05) is 0 Å². The third-order valence-electron chi connectivity index (χ3n) is 3.06. The second-order valence-corrected chi connectivity index (χ2v) is 5.12. The Morgan fingerprint density at radius 3 is 2.52 bits per heavy atom. The maximum absolute atomic E-state index is 10.8. The Hall–Kier alpha value is -2.33. The molecule has 0 aromatic heterocycles. The molecular formula is C17H19NO3. The van der Waals surface area contributed by atoms with Crippen LogP contribution in [0.25, 0.3) is 0 Å². The number of carboxylic acids is 1. The summed E-state index contributed by atoms with van der Waals surface area (Å²) in [4.78, 5) is 10.8. The zero-order valence-corrected chi connectivity index (χ0v) is 12.0. The Labute approximate surface area is 124 Å². The molecule has 0 bridgehead atoms. The van der Waals surface area contributed by atoms with Crippen molar-refractivity contribution in [3.05, 3.63) is 65.2 Å². The SMILES string of the molecule is CC(N)Cc1cccc(OCc2ccc(C(=O)O)cc2)c1. The Morgan fingerprint density at radius 2 is 1.90 bits per heavy atom. The summed E-state index contributed by atoms with van der Waals surface area (Å²) < 4.78 is 5.73. The Bertz CT molecular complexity index is 606. The van der Waals surface area contributed by atoms with Crippen LogP contribution in [0.3, 0.4) is 0 Å². The second kappa shape index (κ2) is 6.90. The van der Waals surface area contributed by atoms with Gasteiger partial charge in [-0.05, 0) is 48.7 Å². The number of carboxylic acid groups (broad SMARTS) is 1. The van der Waals surface area contributed by atoms with Crippen LogP contribution in [-0.2, 0) is 13.0 Å². The maximum Gasteiger partial charge on any atom is 0.335 e. The number of aromatic carboxylic acids is 1. The lowest BCUT2D eigenvalue weighted by atomic mass is 10.1. The predicted octanol–water partition coefficient (Wildman–Crippen LogP) is 2.85. The fourth-order valence-electron chi connectivity index (χ4n) is 2.04. The van der Waals surface area contributed by atoms with E-state index in [4.69, 9.17) is 15.6 Å². The van der Waals surface area contributed by atoms with Gasteiger partial charge < -0.3 is 15.6 Å². The molecule has 0 saturated heterocycles. The van der Waals surface area contributed by atoms with E-state index in [0.717, 1.165) is 23.3 Å². The molecule has 0 amide bonds. The van der Waals surface area contributed by atoms with Gasteiger partial charge in [-0.1, -0.05) is 24.3 Å². The van der Waals surface area contributed by atoms with Crippen molar-refractivity contribution in [1.82, 2.24) is 0 Å². The van der Waals surface area contributed by atoms with Crippen LogP contribution in [0.4, 0.5) is 0 Å². The summed E-state index contributed by atoms with van der Waals surface area (Å²) in [6.45, 7) is 2.37. The minimum absolute atomic E-state index is 0.115. The molecule has 1 unspecified atom stereocenters. The third-order valence-corrected chi connectivity index (χ3v) is 3.06. The first-order valence-corrected chi connectivity index (χ1v) is 6.84. The first-order valence-electron chi connectivity index (χ1n) is 6.84. The molecule has 4 nitrogen and oxygen atoms in total. The monoisotopic (exact) mass is 285 g/mol. The van der Waals surface area contributed by atoms with Crippen molar-refractivity contribution in [3.8, 4) is 5.75 Å². The number of nitrogens with two attached hydrogens (primary N) is 1. The summed E-state index contributed by atoms with van der Waals surface area (Å²) in [5.41, 5.74) is 8.14. The van der Waals surface area contributed by atoms with Crippen LogP contribution in [0, 0.1) is 0 Å². The van der Waals surface area contributed by atoms with Gasteiger partial charge in [0, 0.05) is 6.04 Å². The quantitative estimate of drug-likeness (QED) is 0.856. The zero-order valence-electron chi connectivity index (χ0n) is 12.0. The first kappa shape index (κ1) is 15.1. The van der Waals surface area contributed by atoms with Crippen molar-refractivity contribution >= 4 is 5.97 Å². The number of rotatable bonds is 6. The number of carbonyl (C=O) groups is 1. The average Bonchev–Trinajstić information content (AvgIpc) is 2.45. The molecule has 3 N–H and O–H groups in total. The van der Waals surface area contributed by atoms with E-state index in [-0.39, 0.29) is 11.6 Å². The highest BCUT2D eigenvalue weighted by atomic mass is 16.5. The van der Waals surface area contributed by atoms with Gasteiger partial charge in [0.15, 0.2) is 0 Å². The van der Waals surface area contributed by atoms with Crippen LogP contribution in [0.1, 0.15) is 28.4 Å². The molecule has 110 valence electrons. The summed E-state index contributed by atoms with van der Waals surface area (Å²) in [6.07, 6.45) is 0.810. The summed E-state index contributed by atoms with van der Waals surface area (Å²) in [7, 11) is 0. The van der Waals surface area contributed by atoms with Gasteiger partial charge in [-0.3, -0.25) is 0 Å². The van der Waals surface area contributed by atoms with Crippen molar-refractivity contribution < 1.29 is 14.6 Å². The zero-order chi connectivity index (χ0) is 15.2. The topological polar surface area (TPSA) is 72.5 Å². The van der Waals surface area contributed by atoms with Crippen molar-refractivity contribution in [3.63, 3.8) is 0 Å². The molecule has 0 aliphatic carbocycles. The molecule has 2 aromatic rings.